The summed E-state index contributed by atoms with van der Waals surface area (Å²) >= 11 is 0. The second-order valence-electron chi connectivity index (χ2n) is 6.55. The highest BCUT2D eigenvalue weighted by molar-refractivity contribution is 5.82. The van der Waals surface area contributed by atoms with Crippen LogP contribution >= 0.6 is 0 Å². The van der Waals surface area contributed by atoms with Gasteiger partial charge in [0, 0.05) is 23.1 Å². The summed E-state index contributed by atoms with van der Waals surface area (Å²) in [6.07, 6.45) is 6.42. The van der Waals surface area contributed by atoms with Crippen LogP contribution in [0.1, 0.15) is 35.6 Å². The van der Waals surface area contributed by atoms with Gasteiger partial charge in [-0.1, -0.05) is 18.2 Å². The molecule has 0 spiro atoms. The quantitative estimate of drug-likeness (QED) is 0.642. The van der Waals surface area contributed by atoms with E-state index in [-0.39, 0.29) is 0 Å². The fraction of sp³-hybridized carbons (Fsp3) is 0.368. The van der Waals surface area contributed by atoms with Crippen molar-refractivity contribution in [2.24, 2.45) is 0 Å². The number of aliphatic carboxylic acids is 1. The average Bonchev–Trinajstić information content (AvgIpc) is 3.22. The Morgan fingerprint density at radius 3 is 3.00 bits per heavy atom. The second kappa shape index (κ2) is 6.72. The minimum atomic E-state index is -0.874. The molecule has 4 rings (SSSR count). The lowest BCUT2D eigenvalue weighted by molar-refractivity contribution is -0.139. The Morgan fingerprint density at radius 2 is 2.16 bits per heavy atom. The number of furan rings is 1. The van der Waals surface area contributed by atoms with E-state index in [2.05, 4.69) is 15.3 Å². The molecule has 130 valence electrons. The maximum Gasteiger partial charge on any atom is 0.321 e. The highest BCUT2D eigenvalue weighted by atomic mass is 16.4. The summed E-state index contributed by atoms with van der Waals surface area (Å²) in [4.78, 5) is 19.6. The van der Waals surface area contributed by atoms with Crippen molar-refractivity contribution in [1.29, 1.82) is 0 Å². The average molecular weight is 339 g/mol. The molecule has 3 aromatic rings. The van der Waals surface area contributed by atoms with Crippen LogP contribution in [0.2, 0.25) is 0 Å². The van der Waals surface area contributed by atoms with Crippen LogP contribution in [0.4, 0.5) is 0 Å². The maximum absolute atomic E-state index is 11.7. The number of para-hydroxylation sites is 1. The van der Waals surface area contributed by atoms with Gasteiger partial charge < -0.3 is 14.5 Å². The number of nitrogens with zero attached hydrogens (tertiary/aromatic N) is 1. The van der Waals surface area contributed by atoms with Gasteiger partial charge in [-0.05, 0) is 31.7 Å². The standard InChI is InChI=1S/C19H21N3O3/c23-19(24)16(9-12-11-25-17-8-4-1-5-13(12)17)20-10-18-21-14-6-2-3-7-15(14)22-18/h1,4-5,8,11,16,20H,2-3,6-7,9-10H2,(H,21,22)(H,23,24). The molecule has 0 radical (unpaired) electrons. The Balaban J connectivity index is 1.46. The third-order valence-electron chi connectivity index (χ3n) is 4.80. The molecule has 1 aliphatic carbocycles. The molecule has 0 fully saturated rings. The number of nitrogens with one attached hydrogen (secondary N) is 2. The number of carbonyl (C=O) groups is 1. The first-order valence-electron chi connectivity index (χ1n) is 8.68. The molecule has 0 aliphatic heterocycles. The summed E-state index contributed by atoms with van der Waals surface area (Å²) in [7, 11) is 0. The lowest BCUT2D eigenvalue weighted by Gasteiger charge is -2.12. The van der Waals surface area contributed by atoms with Gasteiger partial charge in [0.2, 0.25) is 0 Å². The molecule has 2 heterocycles. The molecule has 1 unspecified atom stereocenters. The minimum Gasteiger partial charge on any atom is -0.480 e. The van der Waals surface area contributed by atoms with Crippen molar-refractivity contribution >= 4 is 16.9 Å². The monoisotopic (exact) mass is 339 g/mol. The number of hydrogen-bond acceptors (Lipinski definition) is 4. The highest BCUT2D eigenvalue weighted by Crippen LogP contribution is 2.22. The van der Waals surface area contributed by atoms with Gasteiger partial charge in [-0.15, -0.1) is 0 Å². The number of carboxylic acid groups (broad SMARTS) is 1. The van der Waals surface area contributed by atoms with Crippen LogP contribution in [-0.2, 0) is 30.6 Å². The maximum atomic E-state index is 11.7. The van der Waals surface area contributed by atoms with Crippen molar-refractivity contribution in [3.63, 3.8) is 0 Å². The van der Waals surface area contributed by atoms with Gasteiger partial charge in [-0.2, -0.15) is 0 Å². The van der Waals surface area contributed by atoms with E-state index in [1.54, 1.807) is 6.26 Å². The number of aromatic nitrogens is 2. The number of benzene rings is 1. The molecule has 0 saturated heterocycles. The predicted molar refractivity (Wildman–Crippen MR) is 93.4 cm³/mol. The van der Waals surface area contributed by atoms with Crippen molar-refractivity contribution in [2.75, 3.05) is 0 Å². The van der Waals surface area contributed by atoms with Crippen molar-refractivity contribution in [3.05, 3.63) is 53.3 Å². The molecular formula is C19H21N3O3. The zero-order valence-electron chi connectivity index (χ0n) is 13.9. The number of aryl methyl sites for hydroxylation is 2. The van der Waals surface area contributed by atoms with E-state index < -0.39 is 12.0 Å². The first-order chi connectivity index (χ1) is 12.2. The Morgan fingerprint density at radius 1 is 1.32 bits per heavy atom. The molecule has 0 saturated carbocycles. The number of hydrogen-bond donors (Lipinski definition) is 3. The van der Waals surface area contributed by atoms with E-state index in [0.29, 0.717) is 13.0 Å². The summed E-state index contributed by atoms with van der Waals surface area (Å²) in [6.45, 7) is 0.416. The van der Waals surface area contributed by atoms with E-state index in [1.165, 1.54) is 18.5 Å². The Hall–Kier alpha value is -2.60. The Bertz CT molecular complexity index is 873. The zero-order valence-corrected chi connectivity index (χ0v) is 13.9. The van der Waals surface area contributed by atoms with Crippen LogP contribution in [0.25, 0.3) is 11.0 Å². The first-order valence-corrected chi connectivity index (χ1v) is 8.68. The van der Waals surface area contributed by atoms with Crippen LogP contribution in [0, 0.1) is 0 Å². The molecule has 0 amide bonds. The normalized spacial score (nSPS) is 15.2. The summed E-state index contributed by atoms with van der Waals surface area (Å²) in [5.74, 6) is -0.0585. The molecule has 6 heteroatoms. The van der Waals surface area contributed by atoms with Crippen LogP contribution in [0.5, 0.6) is 0 Å². The number of imidazole rings is 1. The number of rotatable bonds is 6. The van der Waals surface area contributed by atoms with Crippen LogP contribution in [0.3, 0.4) is 0 Å². The van der Waals surface area contributed by atoms with Crippen LogP contribution in [0.15, 0.2) is 34.9 Å². The number of fused-ring (bicyclic) bond motifs is 2. The minimum absolute atomic E-state index is 0.368. The fourth-order valence-electron chi connectivity index (χ4n) is 3.47. The molecule has 0 bridgehead atoms. The zero-order chi connectivity index (χ0) is 17.2. The van der Waals surface area contributed by atoms with Crippen LogP contribution < -0.4 is 5.32 Å². The predicted octanol–water partition coefficient (Wildman–Crippen LogP) is 2.82. The Labute approximate surface area is 145 Å². The fourth-order valence-corrected chi connectivity index (χ4v) is 3.47. The van der Waals surface area contributed by atoms with Gasteiger partial charge in [-0.25, -0.2) is 4.98 Å². The van der Waals surface area contributed by atoms with Gasteiger partial charge in [0.05, 0.1) is 18.5 Å². The van der Waals surface area contributed by atoms with Crippen molar-refractivity contribution in [2.45, 2.75) is 44.7 Å². The molecule has 1 aliphatic rings. The number of aromatic amines is 1. The first kappa shape index (κ1) is 15.9. The smallest absolute Gasteiger partial charge is 0.321 e. The van der Waals surface area contributed by atoms with Gasteiger partial charge >= 0.3 is 5.97 Å². The highest BCUT2D eigenvalue weighted by Gasteiger charge is 2.21. The molecule has 1 atom stereocenters. The molecule has 25 heavy (non-hydrogen) atoms. The van der Waals surface area contributed by atoms with Gasteiger partial charge in [0.1, 0.15) is 17.4 Å². The second-order valence-corrected chi connectivity index (χ2v) is 6.55. The third-order valence-corrected chi connectivity index (χ3v) is 4.80. The third kappa shape index (κ3) is 3.30. The van der Waals surface area contributed by atoms with Crippen molar-refractivity contribution < 1.29 is 14.3 Å². The summed E-state index contributed by atoms with van der Waals surface area (Å²) in [6, 6.07) is 6.98. The van der Waals surface area contributed by atoms with E-state index in [9.17, 15) is 9.90 Å². The van der Waals surface area contributed by atoms with Crippen LogP contribution in [-0.4, -0.2) is 27.1 Å². The summed E-state index contributed by atoms with van der Waals surface area (Å²) in [5.41, 5.74) is 4.01. The summed E-state index contributed by atoms with van der Waals surface area (Å²) in [5, 5.41) is 13.6. The molecule has 6 nitrogen and oxygen atoms in total. The van der Waals surface area contributed by atoms with Gasteiger partial charge in [0.15, 0.2) is 0 Å². The van der Waals surface area contributed by atoms with Gasteiger partial charge in [-0.3, -0.25) is 10.1 Å². The largest absolute Gasteiger partial charge is 0.480 e. The SMILES string of the molecule is O=C(O)C(Cc1coc2ccccc12)NCc1nc2c([nH]1)CCCC2. The number of H-pyrrole nitrogens is 1. The topological polar surface area (TPSA) is 91.2 Å². The van der Waals surface area contributed by atoms with E-state index >= 15 is 0 Å². The molecule has 3 N–H and O–H groups in total. The lowest BCUT2D eigenvalue weighted by atomic mass is 10.0. The lowest BCUT2D eigenvalue weighted by Crippen LogP contribution is -2.38. The Kier molecular flexibility index (Phi) is 4.28. The molecule has 2 aromatic heterocycles. The van der Waals surface area contributed by atoms with E-state index in [4.69, 9.17) is 4.42 Å². The number of carboxylic acids is 1. The molecule has 1 aromatic carbocycles. The van der Waals surface area contributed by atoms with E-state index in [1.807, 2.05) is 24.3 Å². The van der Waals surface area contributed by atoms with E-state index in [0.717, 1.165) is 40.9 Å². The van der Waals surface area contributed by atoms with Gasteiger partial charge in [0.25, 0.3) is 0 Å². The van der Waals surface area contributed by atoms with Crippen molar-refractivity contribution in [3.8, 4) is 0 Å². The van der Waals surface area contributed by atoms with Crippen molar-refractivity contribution in [1.82, 2.24) is 15.3 Å². The molecular weight excluding hydrogens is 318 g/mol. The summed E-state index contributed by atoms with van der Waals surface area (Å²) < 4.78 is 5.51.